The molecule has 0 amide bonds. The highest BCUT2D eigenvalue weighted by atomic mass is 32.1. The third-order valence-electron chi connectivity index (χ3n) is 1.46. The summed E-state index contributed by atoms with van der Waals surface area (Å²) in [5, 5.41) is 10.2. The van der Waals surface area contributed by atoms with Gasteiger partial charge in [0.15, 0.2) is 6.29 Å². The van der Waals surface area contributed by atoms with Crippen LogP contribution in [-0.2, 0) is 6.54 Å². The number of hydrogen-bond acceptors (Lipinski definition) is 5. The molecule has 0 bridgehead atoms. The highest BCUT2D eigenvalue weighted by Gasteiger charge is 2.00. The monoisotopic (exact) mass is 194 g/mol. The molecule has 0 unspecified atom stereocenters. The number of nitrogens with zero attached hydrogens (tertiary/aromatic N) is 4. The van der Waals surface area contributed by atoms with Crippen LogP contribution in [0.5, 0.6) is 0 Å². The normalized spacial score (nSPS) is 10.2. The number of rotatable bonds is 3. The molecule has 2 aromatic rings. The Kier molecular flexibility index (Phi) is 2.13. The van der Waals surface area contributed by atoms with E-state index in [4.69, 9.17) is 0 Å². The lowest BCUT2D eigenvalue weighted by molar-refractivity contribution is 0.111. The Labute approximate surface area is 78.0 Å². The minimum atomic E-state index is 0.344. The van der Waals surface area contributed by atoms with Gasteiger partial charge < -0.3 is 0 Å². The quantitative estimate of drug-likeness (QED) is 0.671. The van der Waals surface area contributed by atoms with Crippen LogP contribution < -0.4 is 0 Å². The van der Waals surface area contributed by atoms with Crippen LogP contribution in [0.3, 0.4) is 0 Å². The van der Waals surface area contributed by atoms with Crippen molar-refractivity contribution in [1.82, 2.24) is 20.0 Å². The topological polar surface area (TPSA) is 60.7 Å². The van der Waals surface area contributed by atoms with Gasteiger partial charge in [-0.2, -0.15) is 0 Å². The van der Waals surface area contributed by atoms with Crippen molar-refractivity contribution >= 4 is 17.6 Å². The first-order chi connectivity index (χ1) is 6.38. The summed E-state index contributed by atoms with van der Waals surface area (Å²) in [5.41, 5.74) is 0.344. The van der Waals surface area contributed by atoms with Gasteiger partial charge in [-0.1, -0.05) is 5.21 Å². The Morgan fingerprint density at radius 3 is 3.15 bits per heavy atom. The van der Waals surface area contributed by atoms with Gasteiger partial charge in [-0.3, -0.25) is 4.79 Å². The molecule has 0 aliphatic heterocycles. The second kappa shape index (κ2) is 3.44. The molecule has 0 aromatic carbocycles. The summed E-state index contributed by atoms with van der Waals surface area (Å²) in [4.78, 5) is 14.4. The lowest BCUT2D eigenvalue weighted by Crippen LogP contribution is -1.99. The van der Waals surface area contributed by atoms with Crippen LogP contribution in [0.25, 0.3) is 0 Å². The number of hydrogen-bond donors (Lipinski definition) is 0. The van der Waals surface area contributed by atoms with Crippen molar-refractivity contribution in [3.8, 4) is 0 Å². The molecule has 66 valence electrons. The summed E-state index contributed by atoms with van der Waals surface area (Å²) in [6, 6.07) is 0. The lowest BCUT2D eigenvalue weighted by Gasteiger charge is -1.92. The second-order valence-electron chi connectivity index (χ2n) is 2.38. The van der Waals surface area contributed by atoms with Gasteiger partial charge in [-0.25, -0.2) is 9.67 Å². The van der Waals surface area contributed by atoms with E-state index < -0.39 is 0 Å². The summed E-state index contributed by atoms with van der Waals surface area (Å²) in [6.07, 6.45) is 4.00. The van der Waals surface area contributed by atoms with Gasteiger partial charge in [0.05, 0.1) is 12.7 Å². The van der Waals surface area contributed by atoms with Gasteiger partial charge in [0.2, 0.25) is 0 Å². The molecule has 5 nitrogen and oxygen atoms in total. The molecule has 0 atom stereocenters. The van der Waals surface area contributed by atoms with E-state index in [1.807, 2.05) is 5.38 Å². The Morgan fingerprint density at radius 1 is 1.62 bits per heavy atom. The van der Waals surface area contributed by atoms with Crippen molar-refractivity contribution in [2.24, 2.45) is 0 Å². The zero-order valence-electron chi connectivity index (χ0n) is 6.62. The van der Waals surface area contributed by atoms with Crippen molar-refractivity contribution < 1.29 is 4.79 Å². The van der Waals surface area contributed by atoms with Crippen molar-refractivity contribution in [3.05, 3.63) is 28.5 Å². The summed E-state index contributed by atoms with van der Waals surface area (Å²) in [5.74, 6) is 0. The number of aldehydes is 1. The van der Waals surface area contributed by atoms with Gasteiger partial charge in [0.1, 0.15) is 10.7 Å². The maximum absolute atomic E-state index is 10.3. The van der Waals surface area contributed by atoms with E-state index in [9.17, 15) is 4.79 Å². The molecular formula is C7H6N4OS. The average molecular weight is 194 g/mol. The fourth-order valence-corrected chi connectivity index (χ4v) is 1.52. The number of aromatic nitrogens is 4. The Hall–Kier alpha value is -1.56. The third kappa shape index (κ3) is 1.78. The van der Waals surface area contributed by atoms with Crippen LogP contribution in [0.4, 0.5) is 0 Å². The van der Waals surface area contributed by atoms with Crippen molar-refractivity contribution in [1.29, 1.82) is 0 Å². The summed E-state index contributed by atoms with van der Waals surface area (Å²) < 4.78 is 1.59. The van der Waals surface area contributed by atoms with E-state index in [1.54, 1.807) is 28.4 Å². The van der Waals surface area contributed by atoms with Crippen LogP contribution in [0.15, 0.2) is 17.8 Å². The lowest BCUT2D eigenvalue weighted by atomic mass is 10.5. The molecule has 0 saturated heterocycles. The van der Waals surface area contributed by atoms with Crippen LogP contribution in [0.2, 0.25) is 0 Å². The molecule has 6 heteroatoms. The highest BCUT2D eigenvalue weighted by Crippen LogP contribution is 2.05. The standard InChI is InChI=1S/C7H6N4OS/c12-5-6-3-11(10-9-6)4-7-8-1-2-13-7/h1-3,5H,4H2. The Bertz CT molecular complexity index is 394. The molecule has 13 heavy (non-hydrogen) atoms. The molecule has 0 fully saturated rings. The predicted octanol–water partition coefficient (Wildman–Crippen LogP) is 0.595. The Balaban J connectivity index is 2.14. The largest absolute Gasteiger partial charge is 0.296 e. The van der Waals surface area contributed by atoms with Crippen LogP contribution in [0, 0.1) is 0 Å². The number of carbonyl (C=O) groups excluding carboxylic acids is 1. The van der Waals surface area contributed by atoms with Crippen LogP contribution >= 0.6 is 11.3 Å². The van der Waals surface area contributed by atoms with Gasteiger partial charge in [-0.05, 0) is 0 Å². The van der Waals surface area contributed by atoms with Gasteiger partial charge in [0, 0.05) is 11.6 Å². The fourth-order valence-electron chi connectivity index (χ4n) is 0.914. The van der Waals surface area contributed by atoms with Crippen LogP contribution in [0.1, 0.15) is 15.5 Å². The molecule has 2 rings (SSSR count). The summed E-state index contributed by atoms with van der Waals surface area (Å²) in [7, 11) is 0. The maximum atomic E-state index is 10.3. The fraction of sp³-hybridized carbons (Fsp3) is 0.143. The average Bonchev–Trinajstić information content (AvgIpc) is 2.76. The molecule has 0 spiro atoms. The molecule has 0 aliphatic carbocycles. The first kappa shape index (κ1) is 8.06. The molecule has 0 radical (unpaired) electrons. The highest BCUT2D eigenvalue weighted by molar-refractivity contribution is 7.09. The molecule has 2 heterocycles. The minimum Gasteiger partial charge on any atom is -0.296 e. The summed E-state index contributed by atoms with van der Waals surface area (Å²) >= 11 is 1.55. The number of thiazole rings is 1. The molecular weight excluding hydrogens is 188 g/mol. The van der Waals surface area contributed by atoms with E-state index >= 15 is 0 Å². The number of carbonyl (C=O) groups is 1. The van der Waals surface area contributed by atoms with Crippen molar-refractivity contribution in [2.45, 2.75) is 6.54 Å². The van der Waals surface area contributed by atoms with E-state index in [-0.39, 0.29) is 0 Å². The molecule has 2 aromatic heterocycles. The van der Waals surface area contributed by atoms with E-state index in [0.29, 0.717) is 18.5 Å². The summed E-state index contributed by atoms with van der Waals surface area (Å²) in [6.45, 7) is 0.568. The smallest absolute Gasteiger partial charge is 0.171 e. The van der Waals surface area contributed by atoms with Gasteiger partial charge in [0.25, 0.3) is 0 Å². The molecule has 0 N–H and O–H groups in total. The minimum absolute atomic E-state index is 0.344. The predicted molar refractivity (Wildman–Crippen MR) is 46.6 cm³/mol. The van der Waals surface area contributed by atoms with Gasteiger partial charge >= 0.3 is 0 Å². The second-order valence-corrected chi connectivity index (χ2v) is 3.36. The molecule has 0 saturated carbocycles. The van der Waals surface area contributed by atoms with E-state index in [2.05, 4.69) is 15.3 Å². The van der Waals surface area contributed by atoms with E-state index in [1.165, 1.54) is 0 Å². The maximum Gasteiger partial charge on any atom is 0.171 e. The van der Waals surface area contributed by atoms with Crippen molar-refractivity contribution in [3.63, 3.8) is 0 Å². The van der Waals surface area contributed by atoms with E-state index in [0.717, 1.165) is 5.01 Å². The SMILES string of the molecule is O=Cc1cn(Cc2nccs2)nn1. The first-order valence-electron chi connectivity index (χ1n) is 3.62. The zero-order valence-corrected chi connectivity index (χ0v) is 7.44. The van der Waals surface area contributed by atoms with Gasteiger partial charge in [-0.15, -0.1) is 16.4 Å². The zero-order chi connectivity index (χ0) is 9.10. The Morgan fingerprint density at radius 2 is 2.54 bits per heavy atom. The third-order valence-corrected chi connectivity index (χ3v) is 2.22. The molecule has 0 aliphatic rings. The van der Waals surface area contributed by atoms with Crippen LogP contribution in [-0.4, -0.2) is 26.3 Å². The first-order valence-corrected chi connectivity index (χ1v) is 4.50. The van der Waals surface area contributed by atoms with Crippen molar-refractivity contribution in [2.75, 3.05) is 0 Å².